The van der Waals surface area contributed by atoms with Crippen molar-refractivity contribution in [3.05, 3.63) is 22.4 Å². The number of rotatable bonds is 4. The van der Waals surface area contributed by atoms with E-state index in [2.05, 4.69) is 24.4 Å². The molecule has 1 aliphatic rings. The van der Waals surface area contributed by atoms with Gasteiger partial charge in [0.1, 0.15) is 0 Å². The Labute approximate surface area is 99.2 Å². The van der Waals surface area contributed by atoms with E-state index in [1.54, 1.807) is 11.3 Å². The molecule has 3 unspecified atom stereocenters. The Balaban J connectivity index is 1.96. The fourth-order valence-corrected chi connectivity index (χ4v) is 4.15. The van der Waals surface area contributed by atoms with Gasteiger partial charge in [-0.25, -0.2) is 0 Å². The molecule has 1 fully saturated rings. The highest BCUT2D eigenvalue weighted by Gasteiger charge is 2.28. The first-order chi connectivity index (χ1) is 7.31. The Bertz CT molecular complexity index is 289. The van der Waals surface area contributed by atoms with Crippen LogP contribution in [0.5, 0.6) is 0 Å². The van der Waals surface area contributed by atoms with Gasteiger partial charge in [0.2, 0.25) is 0 Å². The Hall–Kier alpha value is -0.0300. The summed E-state index contributed by atoms with van der Waals surface area (Å²) in [5, 5.41) is 3.17. The fraction of sp³-hybridized carbons (Fsp3) is 0.636. The molecule has 3 atom stereocenters. The van der Waals surface area contributed by atoms with Gasteiger partial charge in [-0.05, 0) is 24.8 Å². The quantitative estimate of drug-likeness (QED) is 0.883. The monoisotopic (exact) mass is 243 g/mol. The zero-order valence-corrected chi connectivity index (χ0v) is 10.5. The highest BCUT2D eigenvalue weighted by atomic mass is 32.2. The number of hydrogen-bond donors (Lipinski definition) is 1. The van der Waals surface area contributed by atoms with E-state index in [1.165, 1.54) is 4.88 Å². The van der Waals surface area contributed by atoms with Gasteiger partial charge in [-0.1, -0.05) is 6.07 Å². The second-order valence-corrected chi connectivity index (χ2v) is 6.20. The molecule has 2 heterocycles. The van der Waals surface area contributed by atoms with Crippen molar-refractivity contribution in [1.82, 2.24) is 0 Å². The van der Waals surface area contributed by atoms with Crippen LogP contribution < -0.4 is 5.73 Å². The summed E-state index contributed by atoms with van der Waals surface area (Å²) in [5.41, 5.74) is 5.83. The van der Waals surface area contributed by atoms with Crippen LogP contribution in [0.25, 0.3) is 0 Å². The second kappa shape index (κ2) is 5.34. The van der Waals surface area contributed by atoms with Crippen molar-refractivity contribution in [2.24, 2.45) is 5.73 Å². The molecule has 1 aromatic heterocycles. The maximum atomic E-state index is 5.83. The Morgan fingerprint density at radius 2 is 2.60 bits per heavy atom. The standard InChI is InChI=1S/C11H17NOS2/c1-8-9(4-5-13-8)15-11(7-12)10-3-2-6-14-10/h2-3,6,8-9,11H,4-5,7,12H2,1H3. The summed E-state index contributed by atoms with van der Waals surface area (Å²) in [7, 11) is 0. The molecular weight excluding hydrogens is 226 g/mol. The molecule has 84 valence electrons. The predicted molar refractivity (Wildman–Crippen MR) is 67.5 cm³/mol. The molecule has 4 heteroatoms. The molecule has 1 aliphatic heterocycles. The van der Waals surface area contributed by atoms with Crippen LogP contribution in [-0.2, 0) is 4.74 Å². The van der Waals surface area contributed by atoms with Crippen molar-refractivity contribution < 1.29 is 4.74 Å². The minimum atomic E-state index is 0.379. The summed E-state index contributed by atoms with van der Waals surface area (Å²) in [6.07, 6.45) is 1.54. The molecule has 0 aliphatic carbocycles. The van der Waals surface area contributed by atoms with Crippen molar-refractivity contribution in [2.45, 2.75) is 29.9 Å². The van der Waals surface area contributed by atoms with E-state index in [0.29, 0.717) is 23.1 Å². The van der Waals surface area contributed by atoms with Crippen molar-refractivity contribution in [1.29, 1.82) is 0 Å². The lowest BCUT2D eigenvalue weighted by molar-refractivity contribution is 0.127. The molecule has 2 rings (SSSR count). The highest BCUT2D eigenvalue weighted by molar-refractivity contribution is 8.00. The third kappa shape index (κ3) is 2.75. The van der Waals surface area contributed by atoms with Crippen LogP contribution in [0.3, 0.4) is 0 Å². The van der Waals surface area contributed by atoms with E-state index >= 15 is 0 Å². The number of thiophene rings is 1. The van der Waals surface area contributed by atoms with Crippen molar-refractivity contribution in [2.75, 3.05) is 13.2 Å². The maximum absolute atomic E-state index is 5.83. The Morgan fingerprint density at radius 1 is 1.73 bits per heavy atom. The molecule has 0 amide bonds. The van der Waals surface area contributed by atoms with Crippen LogP contribution in [0.1, 0.15) is 23.5 Å². The summed E-state index contributed by atoms with van der Waals surface area (Å²) in [4.78, 5) is 1.39. The van der Waals surface area contributed by atoms with Gasteiger partial charge in [0, 0.05) is 23.3 Å². The SMILES string of the molecule is CC1OCCC1SC(CN)c1cccs1. The molecular formula is C11H17NOS2. The second-order valence-electron chi connectivity index (χ2n) is 3.78. The number of nitrogens with two attached hydrogens (primary N) is 1. The number of ether oxygens (including phenoxy) is 1. The largest absolute Gasteiger partial charge is 0.377 e. The van der Waals surface area contributed by atoms with Gasteiger partial charge in [-0.15, -0.1) is 23.1 Å². The van der Waals surface area contributed by atoms with Gasteiger partial charge >= 0.3 is 0 Å². The fourth-order valence-electron chi connectivity index (χ4n) is 1.82. The van der Waals surface area contributed by atoms with Crippen LogP contribution in [0.15, 0.2) is 17.5 Å². The lowest BCUT2D eigenvalue weighted by Gasteiger charge is -2.19. The van der Waals surface area contributed by atoms with Crippen molar-refractivity contribution in [3.63, 3.8) is 0 Å². The van der Waals surface area contributed by atoms with E-state index < -0.39 is 0 Å². The summed E-state index contributed by atoms with van der Waals surface area (Å²) < 4.78 is 5.57. The average molecular weight is 243 g/mol. The van der Waals surface area contributed by atoms with Gasteiger partial charge in [-0.2, -0.15) is 0 Å². The number of thioether (sulfide) groups is 1. The molecule has 2 nitrogen and oxygen atoms in total. The van der Waals surface area contributed by atoms with Gasteiger partial charge in [-0.3, -0.25) is 0 Å². The van der Waals surface area contributed by atoms with Crippen LogP contribution in [0.2, 0.25) is 0 Å². The molecule has 0 bridgehead atoms. The van der Waals surface area contributed by atoms with Crippen LogP contribution in [-0.4, -0.2) is 24.5 Å². The molecule has 0 radical (unpaired) electrons. The van der Waals surface area contributed by atoms with Gasteiger partial charge in [0.05, 0.1) is 11.4 Å². The van der Waals surface area contributed by atoms with Gasteiger partial charge < -0.3 is 10.5 Å². The lowest BCUT2D eigenvalue weighted by Crippen LogP contribution is -2.18. The average Bonchev–Trinajstić information content (AvgIpc) is 2.86. The predicted octanol–water partition coefficient (Wildman–Crippen LogP) is 2.66. The van der Waals surface area contributed by atoms with Crippen LogP contribution >= 0.6 is 23.1 Å². The molecule has 2 N–H and O–H groups in total. The minimum absolute atomic E-state index is 0.379. The van der Waals surface area contributed by atoms with E-state index in [1.807, 2.05) is 11.8 Å². The summed E-state index contributed by atoms with van der Waals surface area (Å²) in [6.45, 7) is 3.78. The van der Waals surface area contributed by atoms with E-state index in [4.69, 9.17) is 10.5 Å². The topological polar surface area (TPSA) is 35.2 Å². The molecule has 1 saturated heterocycles. The zero-order chi connectivity index (χ0) is 10.7. The molecule has 15 heavy (non-hydrogen) atoms. The maximum Gasteiger partial charge on any atom is 0.0666 e. The zero-order valence-electron chi connectivity index (χ0n) is 8.89. The summed E-state index contributed by atoms with van der Waals surface area (Å²) >= 11 is 3.78. The van der Waals surface area contributed by atoms with E-state index in [9.17, 15) is 0 Å². The van der Waals surface area contributed by atoms with Crippen LogP contribution in [0, 0.1) is 0 Å². The Kier molecular flexibility index (Phi) is 4.08. The summed E-state index contributed by atoms with van der Waals surface area (Å²) in [6, 6.07) is 4.27. The first kappa shape index (κ1) is 11.5. The third-order valence-corrected chi connectivity index (χ3v) is 5.60. The van der Waals surface area contributed by atoms with E-state index in [-0.39, 0.29) is 0 Å². The molecule has 0 saturated carbocycles. The van der Waals surface area contributed by atoms with Gasteiger partial charge in [0.25, 0.3) is 0 Å². The molecule has 1 aromatic rings. The normalized spacial score (nSPS) is 28.1. The highest BCUT2D eigenvalue weighted by Crippen LogP contribution is 2.38. The number of hydrogen-bond acceptors (Lipinski definition) is 4. The van der Waals surface area contributed by atoms with Gasteiger partial charge in [0.15, 0.2) is 0 Å². The molecule has 0 spiro atoms. The van der Waals surface area contributed by atoms with E-state index in [0.717, 1.165) is 13.0 Å². The smallest absolute Gasteiger partial charge is 0.0666 e. The van der Waals surface area contributed by atoms with Crippen LogP contribution in [0.4, 0.5) is 0 Å². The lowest BCUT2D eigenvalue weighted by atomic mass is 10.2. The first-order valence-corrected chi connectivity index (χ1v) is 7.14. The third-order valence-electron chi connectivity index (χ3n) is 2.72. The van der Waals surface area contributed by atoms with Crippen molar-refractivity contribution >= 4 is 23.1 Å². The first-order valence-electron chi connectivity index (χ1n) is 5.32. The van der Waals surface area contributed by atoms with Crippen molar-refractivity contribution in [3.8, 4) is 0 Å². The Morgan fingerprint density at radius 3 is 3.13 bits per heavy atom. The molecule has 0 aromatic carbocycles. The summed E-state index contributed by atoms with van der Waals surface area (Å²) in [5.74, 6) is 0. The minimum Gasteiger partial charge on any atom is -0.377 e.